The van der Waals surface area contributed by atoms with Crippen molar-refractivity contribution in [2.45, 2.75) is 32.4 Å². The molecule has 2 atom stereocenters. The summed E-state index contributed by atoms with van der Waals surface area (Å²) in [6, 6.07) is 13.1. The highest BCUT2D eigenvalue weighted by molar-refractivity contribution is 5.73. The minimum absolute atomic E-state index is 0.182. The summed E-state index contributed by atoms with van der Waals surface area (Å²) in [5.41, 5.74) is 3.39. The summed E-state index contributed by atoms with van der Waals surface area (Å²) in [5.74, 6) is -0.285. The van der Waals surface area contributed by atoms with Crippen molar-refractivity contribution in [1.82, 2.24) is 0 Å². The van der Waals surface area contributed by atoms with Crippen molar-refractivity contribution in [3.05, 3.63) is 59.4 Å². The molecule has 0 aliphatic carbocycles. The van der Waals surface area contributed by atoms with Crippen LogP contribution in [0.4, 0.5) is 15.8 Å². The third-order valence-corrected chi connectivity index (χ3v) is 3.92. The maximum atomic E-state index is 14.4. The van der Waals surface area contributed by atoms with Crippen LogP contribution in [0.3, 0.4) is 0 Å². The zero-order chi connectivity index (χ0) is 14.3. The molecule has 1 aliphatic rings. The molecule has 0 radical (unpaired) electrons. The fourth-order valence-corrected chi connectivity index (χ4v) is 3.03. The molecule has 0 fully saturated rings. The quantitative estimate of drug-likeness (QED) is 0.893. The number of para-hydroxylation sites is 2. The van der Waals surface area contributed by atoms with Crippen molar-refractivity contribution in [2.75, 3.05) is 4.90 Å². The van der Waals surface area contributed by atoms with Gasteiger partial charge in [-0.1, -0.05) is 30.3 Å². The van der Waals surface area contributed by atoms with Gasteiger partial charge in [-0.05, 0) is 38.0 Å². The van der Waals surface area contributed by atoms with Gasteiger partial charge in [0.1, 0.15) is 5.82 Å². The van der Waals surface area contributed by atoms with E-state index in [2.05, 4.69) is 13.0 Å². The minimum Gasteiger partial charge on any atom is -0.389 e. The van der Waals surface area contributed by atoms with E-state index < -0.39 is 6.10 Å². The van der Waals surface area contributed by atoms with E-state index in [0.717, 1.165) is 12.1 Å². The average molecular weight is 271 g/mol. The van der Waals surface area contributed by atoms with Crippen molar-refractivity contribution in [3.8, 4) is 0 Å². The number of aliphatic hydroxyl groups excluding tert-OH is 1. The van der Waals surface area contributed by atoms with Gasteiger partial charge in [-0.15, -0.1) is 0 Å². The first-order chi connectivity index (χ1) is 9.59. The lowest BCUT2D eigenvalue weighted by Crippen LogP contribution is -2.26. The van der Waals surface area contributed by atoms with Gasteiger partial charge in [-0.2, -0.15) is 0 Å². The zero-order valence-corrected chi connectivity index (χ0v) is 11.7. The normalized spacial score (nSPS) is 19.0. The highest BCUT2D eigenvalue weighted by Gasteiger charge is 2.30. The highest BCUT2D eigenvalue weighted by Crippen LogP contribution is 2.42. The number of rotatable bonds is 2. The van der Waals surface area contributed by atoms with Gasteiger partial charge in [0.15, 0.2) is 0 Å². The van der Waals surface area contributed by atoms with Crippen LogP contribution in [0.1, 0.15) is 31.1 Å². The number of anilines is 2. The summed E-state index contributed by atoms with van der Waals surface area (Å²) < 4.78 is 14.4. The van der Waals surface area contributed by atoms with Gasteiger partial charge in [0.2, 0.25) is 0 Å². The van der Waals surface area contributed by atoms with E-state index in [4.69, 9.17) is 0 Å². The molecule has 0 saturated heterocycles. The van der Waals surface area contributed by atoms with Gasteiger partial charge in [0.05, 0.1) is 11.8 Å². The molecular weight excluding hydrogens is 253 g/mol. The molecule has 2 nitrogen and oxygen atoms in total. The van der Waals surface area contributed by atoms with Crippen LogP contribution in [-0.4, -0.2) is 11.1 Å². The third-order valence-electron chi connectivity index (χ3n) is 3.92. The molecule has 1 aliphatic heterocycles. The largest absolute Gasteiger partial charge is 0.389 e. The van der Waals surface area contributed by atoms with E-state index in [0.29, 0.717) is 11.3 Å². The van der Waals surface area contributed by atoms with Gasteiger partial charge < -0.3 is 10.0 Å². The fraction of sp³-hybridized carbons (Fsp3) is 0.294. The fourth-order valence-electron chi connectivity index (χ4n) is 3.03. The van der Waals surface area contributed by atoms with E-state index in [1.54, 1.807) is 19.1 Å². The summed E-state index contributed by atoms with van der Waals surface area (Å²) in [7, 11) is 0. The summed E-state index contributed by atoms with van der Waals surface area (Å²) in [5, 5.41) is 9.93. The first-order valence-corrected chi connectivity index (χ1v) is 6.93. The first-order valence-electron chi connectivity index (χ1n) is 6.93. The molecule has 0 amide bonds. The summed E-state index contributed by atoms with van der Waals surface area (Å²) in [4.78, 5) is 2.01. The Labute approximate surface area is 118 Å². The van der Waals surface area contributed by atoms with Crippen LogP contribution >= 0.6 is 0 Å². The molecule has 0 spiro atoms. The standard InChI is InChI=1S/C17H18FNO/c1-11-10-13-6-3-4-9-16(13)19(11)17-14(12(2)20)7-5-8-15(17)18/h3-9,11-12,20H,10H2,1-2H3. The maximum absolute atomic E-state index is 14.4. The number of hydrogen-bond donors (Lipinski definition) is 1. The molecule has 1 N–H and O–H groups in total. The molecular formula is C17H18FNO. The minimum atomic E-state index is -0.694. The van der Waals surface area contributed by atoms with E-state index in [1.807, 2.05) is 23.1 Å². The Hall–Kier alpha value is -1.87. The summed E-state index contributed by atoms with van der Waals surface area (Å²) >= 11 is 0. The van der Waals surface area contributed by atoms with Crippen molar-refractivity contribution in [2.24, 2.45) is 0 Å². The van der Waals surface area contributed by atoms with Crippen LogP contribution in [-0.2, 0) is 6.42 Å². The van der Waals surface area contributed by atoms with Crippen LogP contribution in [0.5, 0.6) is 0 Å². The molecule has 0 saturated carbocycles. The molecule has 104 valence electrons. The first kappa shape index (κ1) is 13.1. The lowest BCUT2D eigenvalue weighted by molar-refractivity contribution is 0.199. The maximum Gasteiger partial charge on any atom is 0.147 e. The second-order valence-corrected chi connectivity index (χ2v) is 5.41. The lowest BCUT2D eigenvalue weighted by atomic mass is 10.1. The molecule has 0 aromatic heterocycles. The van der Waals surface area contributed by atoms with Crippen LogP contribution in [0.2, 0.25) is 0 Å². The molecule has 20 heavy (non-hydrogen) atoms. The average Bonchev–Trinajstić information content (AvgIpc) is 2.74. The zero-order valence-electron chi connectivity index (χ0n) is 11.7. The monoisotopic (exact) mass is 271 g/mol. The number of halogens is 1. The van der Waals surface area contributed by atoms with Crippen molar-refractivity contribution in [1.29, 1.82) is 0 Å². The summed E-state index contributed by atoms with van der Waals surface area (Å²) in [6.45, 7) is 3.75. The molecule has 1 heterocycles. The Kier molecular flexibility index (Phi) is 3.22. The van der Waals surface area contributed by atoms with E-state index in [-0.39, 0.29) is 11.9 Å². The Morgan fingerprint density at radius 1 is 1.20 bits per heavy atom. The number of hydrogen-bond acceptors (Lipinski definition) is 2. The Morgan fingerprint density at radius 3 is 2.70 bits per heavy atom. The van der Waals surface area contributed by atoms with Gasteiger partial charge >= 0.3 is 0 Å². The smallest absolute Gasteiger partial charge is 0.147 e. The Morgan fingerprint density at radius 2 is 1.95 bits per heavy atom. The van der Waals surface area contributed by atoms with E-state index in [9.17, 15) is 9.50 Å². The van der Waals surface area contributed by atoms with Gasteiger partial charge in [-0.3, -0.25) is 0 Å². The van der Waals surface area contributed by atoms with Crippen molar-refractivity contribution >= 4 is 11.4 Å². The number of fused-ring (bicyclic) bond motifs is 1. The van der Waals surface area contributed by atoms with Gasteiger partial charge in [-0.25, -0.2) is 4.39 Å². The molecule has 2 aromatic rings. The SMILES string of the molecule is CC(O)c1cccc(F)c1N1c2ccccc2CC1C. The van der Waals surface area contributed by atoms with Gasteiger partial charge in [0, 0.05) is 17.3 Å². The van der Waals surface area contributed by atoms with Crippen LogP contribution in [0.15, 0.2) is 42.5 Å². The van der Waals surface area contributed by atoms with Crippen LogP contribution in [0, 0.1) is 5.82 Å². The molecule has 0 bridgehead atoms. The highest BCUT2D eigenvalue weighted by atomic mass is 19.1. The topological polar surface area (TPSA) is 23.5 Å². The number of benzene rings is 2. The van der Waals surface area contributed by atoms with Gasteiger partial charge in [0.25, 0.3) is 0 Å². The number of nitrogens with zero attached hydrogens (tertiary/aromatic N) is 1. The van der Waals surface area contributed by atoms with Crippen molar-refractivity contribution in [3.63, 3.8) is 0 Å². The molecule has 2 aromatic carbocycles. The molecule has 2 unspecified atom stereocenters. The lowest BCUT2D eigenvalue weighted by Gasteiger charge is -2.28. The summed E-state index contributed by atoms with van der Waals surface area (Å²) in [6.07, 6.45) is 0.199. The third kappa shape index (κ3) is 1.98. The predicted molar refractivity (Wildman–Crippen MR) is 78.8 cm³/mol. The van der Waals surface area contributed by atoms with Crippen molar-refractivity contribution < 1.29 is 9.50 Å². The Balaban J connectivity index is 2.19. The Bertz CT molecular complexity index is 639. The van der Waals surface area contributed by atoms with E-state index >= 15 is 0 Å². The number of aliphatic hydroxyl groups is 1. The second-order valence-electron chi connectivity index (χ2n) is 5.41. The predicted octanol–water partition coefficient (Wildman–Crippen LogP) is 3.96. The molecule has 3 rings (SSSR count). The van der Waals surface area contributed by atoms with E-state index in [1.165, 1.54) is 11.6 Å². The second kappa shape index (κ2) is 4.91. The van der Waals surface area contributed by atoms with Crippen LogP contribution < -0.4 is 4.90 Å². The van der Waals surface area contributed by atoms with Crippen LogP contribution in [0.25, 0.3) is 0 Å². The molecule has 3 heteroatoms.